The van der Waals surface area contributed by atoms with Crippen LogP contribution in [0.5, 0.6) is 0 Å². The van der Waals surface area contributed by atoms with Crippen LogP contribution in [0.2, 0.25) is 0 Å². The fourth-order valence-corrected chi connectivity index (χ4v) is 6.52. The molecule has 2 heteroatoms. The molecule has 2 heterocycles. The van der Waals surface area contributed by atoms with E-state index in [1.165, 1.54) is 53.9 Å². The second-order valence-electron chi connectivity index (χ2n) is 10.8. The zero-order chi connectivity index (χ0) is 21.8. The number of aryl methyl sites for hydroxylation is 1. The van der Waals surface area contributed by atoms with Gasteiger partial charge in [0.2, 0.25) is 0 Å². The number of benzene rings is 2. The fraction of sp³-hybridized carbons (Fsp3) is 0.448. The minimum atomic E-state index is -0.0250. The van der Waals surface area contributed by atoms with E-state index in [0.29, 0.717) is 5.92 Å². The van der Waals surface area contributed by atoms with E-state index in [9.17, 15) is 0 Å². The number of fused-ring (bicyclic) bond motifs is 1. The summed E-state index contributed by atoms with van der Waals surface area (Å²) in [7, 11) is 0. The molecule has 0 radical (unpaired) electrons. The minimum Gasteiger partial charge on any atom is -0.327 e. The summed E-state index contributed by atoms with van der Waals surface area (Å²) in [6.45, 7) is 11.7. The first-order valence-corrected chi connectivity index (χ1v) is 11.9. The topological polar surface area (TPSA) is 6.48 Å². The molecule has 2 aromatic carbocycles. The normalized spacial score (nSPS) is 26.3. The number of para-hydroxylation sites is 1. The zero-order valence-electron chi connectivity index (χ0n) is 19.7. The summed E-state index contributed by atoms with van der Waals surface area (Å²) in [6, 6.07) is 20.2. The highest BCUT2D eigenvalue weighted by atomic mass is 15.4. The average molecular weight is 413 g/mol. The third-order valence-electron chi connectivity index (χ3n) is 7.76. The minimum absolute atomic E-state index is 0.0250. The van der Waals surface area contributed by atoms with Crippen LogP contribution in [-0.2, 0) is 5.41 Å². The Morgan fingerprint density at radius 3 is 2.16 bits per heavy atom. The van der Waals surface area contributed by atoms with Crippen molar-refractivity contribution in [2.45, 2.75) is 71.9 Å². The Morgan fingerprint density at radius 1 is 0.871 bits per heavy atom. The van der Waals surface area contributed by atoms with Crippen molar-refractivity contribution >= 4 is 5.69 Å². The standard InChI is InChI=1S/C29H36N2/c1-21-13-9-12-18-25(21)31-22(2)26-29(24-16-10-11-17-24,23-14-7-6-8-15-23)19-20-30(26)27(31)28(3,4)5/h6-9,12-15,18-20,24,27H,10-11,16-17H2,1-5H3. The van der Waals surface area contributed by atoms with E-state index in [0.717, 1.165) is 0 Å². The summed E-state index contributed by atoms with van der Waals surface area (Å²) >= 11 is 0. The lowest BCUT2D eigenvalue weighted by molar-refractivity contribution is 0.189. The lowest BCUT2D eigenvalue weighted by Crippen LogP contribution is -2.47. The molecule has 3 aliphatic rings. The van der Waals surface area contributed by atoms with Crippen molar-refractivity contribution in [3.05, 3.63) is 89.4 Å². The molecule has 31 heavy (non-hydrogen) atoms. The molecule has 2 nitrogen and oxygen atoms in total. The van der Waals surface area contributed by atoms with Crippen LogP contribution >= 0.6 is 0 Å². The first-order chi connectivity index (χ1) is 14.9. The van der Waals surface area contributed by atoms with Crippen LogP contribution in [0, 0.1) is 18.3 Å². The molecular formula is C29H36N2. The summed E-state index contributed by atoms with van der Waals surface area (Å²) < 4.78 is 0. The van der Waals surface area contributed by atoms with Gasteiger partial charge in [-0.1, -0.05) is 88.2 Å². The smallest absolute Gasteiger partial charge is 0.115 e. The largest absolute Gasteiger partial charge is 0.327 e. The third-order valence-corrected chi connectivity index (χ3v) is 7.76. The van der Waals surface area contributed by atoms with Crippen molar-refractivity contribution in [3.8, 4) is 0 Å². The molecule has 1 fully saturated rings. The van der Waals surface area contributed by atoms with E-state index in [2.05, 4.69) is 111 Å². The molecule has 2 unspecified atom stereocenters. The highest BCUT2D eigenvalue weighted by Gasteiger charge is 2.55. The summed E-state index contributed by atoms with van der Waals surface area (Å²) in [5.41, 5.74) is 7.12. The average Bonchev–Trinajstić information content (AvgIpc) is 3.46. The van der Waals surface area contributed by atoms with Crippen LogP contribution in [-0.4, -0.2) is 11.1 Å². The van der Waals surface area contributed by atoms with Gasteiger partial charge in [0, 0.05) is 23.0 Å². The van der Waals surface area contributed by atoms with Crippen molar-refractivity contribution < 1.29 is 0 Å². The third kappa shape index (κ3) is 2.98. The highest BCUT2D eigenvalue weighted by Crippen LogP contribution is 2.58. The predicted octanol–water partition coefficient (Wildman–Crippen LogP) is 7.38. The summed E-state index contributed by atoms with van der Waals surface area (Å²) in [4.78, 5) is 5.24. The number of hydrogen-bond acceptors (Lipinski definition) is 2. The molecule has 0 spiro atoms. The molecule has 162 valence electrons. The van der Waals surface area contributed by atoms with E-state index in [1.54, 1.807) is 0 Å². The lowest BCUT2D eigenvalue weighted by atomic mass is 9.67. The highest BCUT2D eigenvalue weighted by molar-refractivity contribution is 5.65. The molecule has 5 rings (SSSR count). The Balaban J connectivity index is 1.75. The second-order valence-corrected chi connectivity index (χ2v) is 10.8. The number of rotatable bonds is 3. The number of hydrogen-bond donors (Lipinski definition) is 0. The molecule has 0 saturated heterocycles. The Hall–Kier alpha value is -2.48. The van der Waals surface area contributed by atoms with Gasteiger partial charge in [0.1, 0.15) is 6.17 Å². The first-order valence-electron chi connectivity index (χ1n) is 11.9. The Labute approximate surface area is 188 Å². The number of allylic oxidation sites excluding steroid dienone is 2. The molecule has 1 saturated carbocycles. The van der Waals surface area contributed by atoms with Gasteiger partial charge in [0.25, 0.3) is 0 Å². The molecule has 0 N–H and O–H groups in total. The van der Waals surface area contributed by atoms with Crippen molar-refractivity contribution in [1.82, 2.24) is 4.90 Å². The molecule has 0 amide bonds. The lowest BCUT2D eigenvalue weighted by Gasteiger charge is -2.42. The molecule has 1 aliphatic carbocycles. The second kappa shape index (κ2) is 7.29. The van der Waals surface area contributed by atoms with Gasteiger partial charge in [-0.25, -0.2) is 0 Å². The van der Waals surface area contributed by atoms with Gasteiger partial charge in [-0.05, 0) is 49.8 Å². The van der Waals surface area contributed by atoms with E-state index in [1.807, 2.05) is 0 Å². The van der Waals surface area contributed by atoms with Gasteiger partial charge in [0.05, 0.1) is 11.1 Å². The summed E-state index contributed by atoms with van der Waals surface area (Å²) in [6.07, 6.45) is 10.6. The van der Waals surface area contributed by atoms with Crippen LogP contribution in [0.1, 0.15) is 64.5 Å². The van der Waals surface area contributed by atoms with E-state index < -0.39 is 0 Å². The maximum Gasteiger partial charge on any atom is 0.115 e. The van der Waals surface area contributed by atoms with Crippen molar-refractivity contribution in [2.24, 2.45) is 11.3 Å². The molecule has 2 aliphatic heterocycles. The quantitative estimate of drug-likeness (QED) is 0.519. The zero-order valence-corrected chi connectivity index (χ0v) is 19.7. The summed E-state index contributed by atoms with van der Waals surface area (Å²) in [5.74, 6) is 0.665. The predicted molar refractivity (Wildman–Crippen MR) is 131 cm³/mol. The molecule has 0 aromatic heterocycles. The maximum absolute atomic E-state index is 2.63. The summed E-state index contributed by atoms with van der Waals surface area (Å²) in [5, 5.41) is 0. The van der Waals surface area contributed by atoms with E-state index >= 15 is 0 Å². The van der Waals surface area contributed by atoms with Gasteiger partial charge in [-0.15, -0.1) is 0 Å². The Morgan fingerprint density at radius 2 is 1.52 bits per heavy atom. The van der Waals surface area contributed by atoms with Gasteiger partial charge in [-0.2, -0.15) is 0 Å². The van der Waals surface area contributed by atoms with Crippen LogP contribution in [0.15, 0.2) is 78.3 Å². The van der Waals surface area contributed by atoms with E-state index in [-0.39, 0.29) is 17.0 Å². The number of nitrogens with zero attached hydrogens (tertiary/aromatic N) is 2. The van der Waals surface area contributed by atoms with Crippen LogP contribution in [0.25, 0.3) is 0 Å². The molecule has 0 bridgehead atoms. The molecule has 2 atom stereocenters. The van der Waals surface area contributed by atoms with Gasteiger partial charge in [0.15, 0.2) is 0 Å². The maximum atomic E-state index is 2.63. The first kappa shape index (κ1) is 20.4. The fourth-order valence-electron chi connectivity index (χ4n) is 6.52. The monoisotopic (exact) mass is 412 g/mol. The SMILES string of the molecule is CC1=C2N(C=CC2(c2ccccc2)C2CCCC2)C(C(C)(C)C)N1c1ccccc1C. The van der Waals surface area contributed by atoms with Crippen LogP contribution < -0.4 is 4.90 Å². The van der Waals surface area contributed by atoms with E-state index in [4.69, 9.17) is 0 Å². The van der Waals surface area contributed by atoms with Gasteiger partial charge in [-0.3, -0.25) is 0 Å². The Kier molecular flexibility index (Phi) is 4.80. The van der Waals surface area contributed by atoms with Crippen molar-refractivity contribution in [3.63, 3.8) is 0 Å². The Bertz CT molecular complexity index is 1020. The van der Waals surface area contributed by atoms with Crippen LogP contribution in [0.4, 0.5) is 5.69 Å². The number of anilines is 1. The van der Waals surface area contributed by atoms with Gasteiger partial charge < -0.3 is 9.80 Å². The molecular weight excluding hydrogens is 376 g/mol. The van der Waals surface area contributed by atoms with Crippen molar-refractivity contribution in [1.29, 1.82) is 0 Å². The van der Waals surface area contributed by atoms with Gasteiger partial charge >= 0.3 is 0 Å². The molecule has 2 aromatic rings. The van der Waals surface area contributed by atoms with Crippen molar-refractivity contribution in [2.75, 3.05) is 4.90 Å². The van der Waals surface area contributed by atoms with Crippen LogP contribution in [0.3, 0.4) is 0 Å².